The maximum absolute atomic E-state index is 5.09. The van der Waals surface area contributed by atoms with E-state index < -0.39 is 0 Å². The van der Waals surface area contributed by atoms with Crippen LogP contribution in [0, 0.1) is 0 Å². The van der Waals surface area contributed by atoms with Crippen LogP contribution in [0.15, 0.2) is 164 Å². The van der Waals surface area contributed by atoms with Gasteiger partial charge < -0.3 is 4.57 Å². The van der Waals surface area contributed by atoms with Crippen LogP contribution in [0.2, 0.25) is 0 Å². The lowest BCUT2D eigenvalue weighted by molar-refractivity contribution is 1.18. The first-order valence-corrected chi connectivity index (χ1v) is 16.0. The molecule has 0 saturated carbocycles. The third-order valence-corrected chi connectivity index (χ3v) is 8.83. The smallest absolute Gasteiger partial charge is 0.0715 e. The molecular weight excluding hydrogens is 569 g/mol. The van der Waals surface area contributed by atoms with E-state index in [2.05, 4.69) is 169 Å². The monoisotopic (exact) mass is 600 g/mol. The summed E-state index contributed by atoms with van der Waals surface area (Å²) in [6.07, 6.45) is 16.5. The number of hydrogen-bond acceptors (Lipinski definition) is 1. The van der Waals surface area contributed by atoms with Crippen molar-refractivity contribution in [2.45, 2.75) is 6.92 Å². The van der Waals surface area contributed by atoms with Gasteiger partial charge in [0.25, 0.3) is 0 Å². The second kappa shape index (κ2) is 11.9. The van der Waals surface area contributed by atoms with Crippen molar-refractivity contribution in [3.05, 3.63) is 180 Å². The van der Waals surface area contributed by atoms with Crippen LogP contribution in [-0.2, 0) is 0 Å². The van der Waals surface area contributed by atoms with Crippen molar-refractivity contribution in [2.75, 3.05) is 0 Å². The Morgan fingerprint density at radius 3 is 2.30 bits per heavy atom. The minimum Gasteiger partial charge on any atom is -0.309 e. The number of aromatic nitrogens is 2. The Hall–Kier alpha value is -6.21. The van der Waals surface area contributed by atoms with E-state index in [1.54, 1.807) is 6.08 Å². The largest absolute Gasteiger partial charge is 0.309 e. The molecule has 0 fully saturated rings. The molecule has 0 spiro atoms. The van der Waals surface area contributed by atoms with Crippen molar-refractivity contribution in [3.63, 3.8) is 0 Å². The molecule has 2 aromatic heterocycles. The Kier molecular flexibility index (Phi) is 7.19. The van der Waals surface area contributed by atoms with E-state index in [1.807, 2.05) is 12.2 Å². The lowest BCUT2D eigenvalue weighted by Gasteiger charge is -2.12. The van der Waals surface area contributed by atoms with Gasteiger partial charge >= 0.3 is 0 Å². The molecule has 0 unspecified atom stereocenters. The van der Waals surface area contributed by atoms with Gasteiger partial charge in [0.1, 0.15) is 0 Å². The average molecular weight is 601 g/mol. The van der Waals surface area contributed by atoms with Gasteiger partial charge in [-0.3, -0.25) is 0 Å². The Labute approximate surface area is 274 Å². The van der Waals surface area contributed by atoms with Gasteiger partial charge in [-0.1, -0.05) is 122 Å². The van der Waals surface area contributed by atoms with Crippen LogP contribution in [0.3, 0.4) is 0 Å². The van der Waals surface area contributed by atoms with E-state index in [9.17, 15) is 0 Å². The average Bonchev–Trinajstić information content (AvgIpc) is 3.46. The highest BCUT2D eigenvalue weighted by Gasteiger charge is 2.16. The fourth-order valence-corrected chi connectivity index (χ4v) is 6.68. The second-order valence-corrected chi connectivity index (χ2v) is 11.7. The third-order valence-electron chi connectivity index (χ3n) is 8.83. The molecule has 0 N–H and O–H groups in total. The first-order valence-electron chi connectivity index (χ1n) is 16.0. The van der Waals surface area contributed by atoms with Crippen molar-refractivity contribution >= 4 is 50.6 Å². The number of allylic oxidation sites excluding steroid dienone is 7. The molecule has 47 heavy (non-hydrogen) atoms. The zero-order chi connectivity index (χ0) is 31.7. The van der Waals surface area contributed by atoms with Crippen molar-refractivity contribution < 1.29 is 0 Å². The van der Waals surface area contributed by atoms with Crippen LogP contribution in [-0.4, -0.2) is 9.55 Å². The molecule has 0 amide bonds. The van der Waals surface area contributed by atoms with E-state index in [0.29, 0.717) is 0 Å². The highest BCUT2D eigenvalue weighted by Crippen LogP contribution is 2.34. The van der Waals surface area contributed by atoms with Gasteiger partial charge in [0, 0.05) is 43.4 Å². The predicted octanol–water partition coefficient (Wildman–Crippen LogP) is 10.1. The molecule has 1 aliphatic rings. The summed E-state index contributed by atoms with van der Waals surface area (Å²) in [7, 11) is 0. The molecule has 8 rings (SSSR count). The van der Waals surface area contributed by atoms with Crippen LogP contribution in [0.25, 0.3) is 78.7 Å². The van der Waals surface area contributed by atoms with Gasteiger partial charge in [0.15, 0.2) is 0 Å². The summed E-state index contributed by atoms with van der Waals surface area (Å²) < 4.78 is 2.38. The number of nitrogens with zero attached hydrogens (tertiary/aromatic N) is 2. The van der Waals surface area contributed by atoms with Gasteiger partial charge in [-0.25, -0.2) is 4.98 Å². The van der Waals surface area contributed by atoms with Crippen LogP contribution in [0.4, 0.5) is 0 Å². The molecule has 5 aromatic carbocycles. The van der Waals surface area contributed by atoms with Crippen LogP contribution < -0.4 is 10.4 Å². The molecule has 2 heterocycles. The maximum atomic E-state index is 5.09. The van der Waals surface area contributed by atoms with E-state index in [4.69, 9.17) is 4.98 Å². The summed E-state index contributed by atoms with van der Waals surface area (Å²) in [6.45, 7) is 5.89. The summed E-state index contributed by atoms with van der Waals surface area (Å²) >= 11 is 0. The number of hydrogen-bond donors (Lipinski definition) is 0. The fraction of sp³-hybridized carbons (Fsp3) is 0.0222. The van der Waals surface area contributed by atoms with Gasteiger partial charge in [0.2, 0.25) is 0 Å². The first kappa shape index (κ1) is 28.3. The SMILES string of the molecule is C=C/C=C\C1=C=c2c(cc3c(/c2=C/C=C\C)c2ccccc2n3-c2ccc(-c3cc(-c4ccccc4)c4ccccc4n3)cc2)C=C1. The highest BCUT2D eigenvalue weighted by atomic mass is 15.0. The Balaban J connectivity index is 1.34. The zero-order valence-corrected chi connectivity index (χ0v) is 26.2. The number of pyridine rings is 1. The van der Waals surface area contributed by atoms with Gasteiger partial charge in [-0.15, -0.1) is 5.73 Å². The molecule has 0 atom stereocenters. The molecule has 1 aliphatic carbocycles. The highest BCUT2D eigenvalue weighted by molar-refractivity contribution is 6.10. The molecule has 0 bridgehead atoms. The normalized spacial score (nSPS) is 13.1. The van der Waals surface area contributed by atoms with Gasteiger partial charge in [0.05, 0.1) is 22.2 Å². The Morgan fingerprint density at radius 2 is 1.49 bits per heavy atom. The quantitative estimate of drug-likeness (QED) is 0.174. The Bertz CT molecular complexity index is 2600. The molecule has 2 nitrogen and oxygen atoms in total. The lowest BCUT2D eigenvalue weighted by Crippen LogP contribution is -2.28. The summed E-state index contributed by atoms with van der Waals surface area (Å²) in [5.74, 6) is 0. The van der Waals surface area contributed by atoms with Gasteiger partial charge in [-0.2, -0.15) is 0 Å². The summed E-state index contributed by atoms with van der Waals surface area (Å²) in [5.41, 5.74) is 14.7. The van der Waals surface area contributed by atoms with E-state index in [1.165, 1.54) is 38.2 Å². The maximum Gasteiger partial charge on any atom is 0.0715 e. The summed E-state index contributed by atoms with van der Waals surface area (Å²) in [5, 5.41) is 5.87. The minimum atomic E-state index is 0.961. The van der Waals surface area contributed by atoms with Crippen LogP contribution in [0.5, 0.6) is 0 Å². The van der Waals surface area contributed by atoms with Crippen LogP contribution in [0.1, 0.15) is 12.5 Å². The van der Waals surface area contributed by atoms with Crippen molar-refractivity contribution in [2.24, 2.45) is 0 Å². The topological polar surface area (TPSA) is 17.8 Å². The summed E-state index contributed by atoms with van der Waals surface area (Å²) in [4.78, 5) is 5.09. The van der Waals surface area contributed by atoms with Crippen molar-refractivity contribution in [3.8, 4) is 28.1 Å². The molecule has 0 saturated heterocycles. The number of rotatable bonds is 6. The molecule has 2 heteroatoms. The summed E-state index contributed by atoms with van der Waals surface area (Å²) in [6, 6.07) is 41.0. The zero-order valence-electron chi connectivity index (χ0n) is 26.2. The van der Waals surface area contributed by atoms with Gasteiger partial charge in [-0.05, 0) is 72.2 Å². The van der Waals surface area contributed by atoms with E-state index in [0.717, 1.165) is 44.2 Å². The van der Waals surface area contributed by atoms with E-state index >= 15 is 0 Å². The molecule has 222 valence electrons. The molecule has 0 aliphatic heterocycles. The standard InChI is InChI=1S/C45H32N2/c1-3-5-14-31-22-23-34-29-44-45(37(17-6-4-2)39(34)28-31)38-19-11-13-21-43(38)47(44)35-26-24-33(25-27-35)42-30-40(32-15-8-7-9-16-32)36-18-10-12-20-41(36)46-42/h3-27,29-30H,1H2,2H3/b6-4-,14-5-,37-17+. The first-order chi connectivity index (χ1) is 23.2. The third kappa shape index (κ3) is 4.98. The van der Waals surface area contributed by atoms with Crippen molar-refractivity contribution in [1.29, 1.82) is 0 Å². The fourth-order valence-electron chi connectivity index (χ4n) is 6.68. The predicted molar refractivity (Wildman–Crippen MR) is 201 cm³/mol. The lowest BCUT2D eigenvalue weighted by atomic mass is 9.98. The minimum absolute atomic E-state index is 0.961. The number of fused-ring (bicyclic) bond motifs is 5. The van der Waals surface area contributed by atoms with E-state index in [-0.39, 0.29) is 0 Å². The molecular formula is C45H32N2. The Morgan fingerprint density at radius 1 is 0.723 bits per heavy atom. The van der Waals surface area contributed by atoms with Crippen molar-refractivity contribution in [1.82, 2.24) is 9.55 Å². The molecule has 0 radical (unpaired) electrons. The number of para-hydroxylation sites is 2. The van der Waals surface area contributed by atoms with Crippen LogP contribution >= 0.6 is 0 Å². The molecule has 7 aromatic rings. The second-order valence-electron chi connectivity index (χ2n) is 11.7. The number of benzene rings is 5.